The van der Waals surface area contributed by atoms with Gasteiger partial charge in [0, 0.05) is 19.2 Å². The molecule has 0 aliphatic rings. The number of hydrogen-bond donors (Lipinski definition) is 2. The molecule has 2 N–H and O–H groups in total. The summed E-state index contributed by atoms with van der Waals surface area (Å²) >= 11 is 0. The number of amides is 1. The molecule has 1 rings (SSSR count). The number of anilines is 1. The Labute approximate surface area is 106 Å². The van der Waals surface area contributed by atoms with Gasteiger partial charge in [0.15, 0.2) is 0 Å². The standard InChI is InChI=1S/C12H17N3O3/c1-3-8-14-12(16)9-6-5-7-10(15(17)18)11(9)13-4-2/h5-7,13H,3-4,8H2,1-2H3,(H,14,16). The number of nitrogens with zero attached hydrogens (tertiary/aromatic N) is 1. The van der Waals surface area contributed by atoms with Crippen molar-refractivity contribution in [1.29, 1.82) is 0 Å². The number of rotatable bonds is 6. The van der Waals surface area contributed by atoms with E-state index in [4.69, 9.17) is 0 Å². The third-order valence-corrected chi connectivity index (χ3v) is 2.37. The Morgan fingerprint density at radius 3 is 2.67 bits per heavy atom. The summed E-state index contributed by atoms with van der Waals surface area (Å²) in [5.41, 5.74) is 0.499. The van der Waals surface area contributed by atoms with Gasteiger partial charge in [0.1, 0.15) is 5.69 Å². The highest BCUT2D eigenvalue weighted by atomic mass is 16.6. The van der Waals surface area contributed by atoms with Crippen LogP contribution >= 0.6 is 0 Å². The number of benzene rings is 1. The summed E-state index contributed by atoms with van der Waals surface area (Å²) in [5, 5.41) is 16.5. The van der Waals surface area contributed by atoms with Crippen molar-refractivity contribution in [3.63, 3.8) is 0 Å². The van der Waals surface area contributed by atoms with Gasteiger partial charge in [-0.25, -0.2) is 0 Å². The first-order valence-electron chi connectivity index (χ1n) is 5.91. The maximum atomic E-state index is 11.9. The highest BCUT2D eigenvalue weighted by Gasteiger charge is 2.20. The second kappa shape index (κ2) is 6.58. The minimum atomic E-state index is -0.491. The summed E-state index contributed by atoms with van der Waals surface area (Å²) in [4.78, 5) is 22.3. The average Bonchev–Trinajstić information content (AvgIpc) is 2.36. The molecule has 0 aliphatic heterocycles. The normalized spacial score (nSPS) is 9.89. The fourth-order valence-corrected chi connectivity index (χ4v) is 1.58. The van der Waals surface area contributed by atoms with E-state index in [1.165, 1.54) is 12.1 Å². The Bertz CT molecular complexity index is 446. The highest BCUT2D eigenvalue weighted by Crippen LogP contribution is 2.28. The van der Waals surface area contributed by atoms with Crippen LogP contribution in [0.4, 0.5) is 11.4 Å². The molecule has 0 heterocycles. The molecule has 0 aliphatic carbocycles. The summed E-state index contributed by atoms with van der Waals surface area (Å²) in [7, 11) is 0. The van der Waals surface area contributed by atoms with Crippen molar-refractivity contribution in [3.8, 4) is 0 Å². The van der Waals surface area contributed by atoms with Crippen LogP contribution in [0, 0.1) is 10.1 Å². The predicted octanol–water partition coefficient (Wildman–Crippen LogP) is 2.17. The molecule has 0 spiro atoms. The van der Waals surface area contributed by atoms with Crippen molar-refractivity contribution >= 4 is 17.3 Å². The Balaban J connectivity index is 3.13. The first kappa shape index (κ1) is 14.0. The van der Waals surface area contributed by atoms with E-state index in [9.17, 15) is 14.9 Å². The topological polar surface area (TPSA) is 84.3 Å². The van der Waals surface area contributed by atoms with Crippen molar-refractivity contribution in [2.24, 2.45) is 0 Å². The number of carbonyl (C=O) groups is 1. The maximum absolute atomic E-state index is 11.9. The zero-order valence-corrected chi connectivity index (χ0v) is 10.5. The van der Waals surface area contributed by atoms with Gasteiger partial charge in [-0.2, -0.15) is 0 Å². The summed E-state index contributed by atoms with van der Waals surface area (Å²) < 4.78 is 0. The SMILES string of the molecule is CCCNC(=O)c1cccc([N+](=O)[O-])c1NCC. The lowest BCUT2D eigenvalue weighted by atomic mass is 10.1. The number of para-hydroxylation sites is 1. The zero-order valence-electron chi connectivity index (χ0n) is 10.5. The quantitative estimate of drug-likeness (QED) is 0.599. The summed E-state index contributed by atoms with van der Waals surface area (Å²) in [6.07, 6.45) is 0.817. The smallest absolute Gasteiger partial charge is 0.293 e. The van der Waals surface area contributed by atoms with Crippen molar-refractivity contribution in [2.45, 2.75) is 20.3 Å². The number of carbonyl (C=O) groups excluding carboxylic acids is 1. The van der Waals surface area contributed by atoms with Gasteiger partial charge in [-0.1, -0.05) is 13.0 Å². The molecular formula is C12H17N3O3. The number of nitro benzene ring substituents is 1. The second-order valence-electron chi connectivity index (χ2n) is 3.74. The molecule has 0 radical (unpaired) electrons. The molecule has 1 amide bonds. The van der Waals surface area contributed by atoms with Crippen LogP contribution in [-0.2, 0) is 0 Å². The van der Waals surface area contributed by atoms with Gasteiger partial charge >= 0.3 is 0 Å². The van der Waals surface area contributed by atoms with Crippen molar-refractivity contribution in [2.75, 3.05) is 18.4 Å². The lowest BCUT2D eigenvalue weighted by Gasteiger charge is -2.10. The molecule has 6 heteroatoms. The monoisotopic (exact) mass is 251 g/mol. The molecule has 0 unspecified atom stereocenters. The first-order chi connectivity index (χ1) is 8.61. The van der Waals surface area contributed by atoms with Crippen molar-refractivity contribution in [3.05, 3.63) is 33.9 Å². The van der Waals surface area contributed by atoms with E-state index >= 15 is 0 Å². The van der Waals surface area contributed by atoms with Crippen LogP contribution < -0.4 is 10.6 Å². The van der Waals surface area contributed by atoms with Gasteiger partial charge in [0.2, 0.25) is 0 Å². The average molecular weight is 251 g/mol. The predicted molar refractivity (Wildman–Crippen MR) is 69.9 cm³/mol. The van der Waals surface area contributed by atoms with E-state index in [1.54, 1.807) is 6.07 Å². The van der Waals surface area contributed by atoms with E-state index in [1.807, 2.05) is 13.8 Å². The molecule has 1 aromatic carbocycles. The number of hydrogen-bond acceptors (Lipinski definition) is 4. The van der Waals surface area contributed by atoms with Crippen LogP contribution in [0.2, 0.25) is 0 Å². The maximum Gasteiger partial charge on any atom is 0.293 e. The van der Waals surface area contributed by atoms with Crippen LogP contribution in [0.15, 0.2) is 18.2 Å². The first-order valence-corrected chi connectivity index (χ1v) is 5.91. The molecule has 0 saturated heterocycles. The van der Waals surface area contributed by atoms with Crippen LogP contribution in [-0.4, -0.2) is 23.9 Å². The third-order valence-electron chi connectivity index (χ3n) is 2.37. The van der Waals surface area contributed by atoms with E-state index < -0.39 is 4.92 Å². The molecular weight excluding hydrogens is 234 g/mol. The third kappa shape index (κ3) is 3.19. The fourth-order valence-electron chi connectivity index (χ4n) is 1.58. The van der Waals surface area contributed by atoms with E-state index in [2.05, 4.69) is 10.6 Å². The fraction of sp³-hybridized carbons (Fsp3) is 0.417. The lowest BCUT2D eigenvalue weighted by Crippen LogP contribution is -2.25. The Morgan fingerprint density at radius 2 is 2.11 bits per heavy atom. The number of nitrogens with one attached hydrogen (secondary N) is 2. The summed E-state index contributed by atoms with van der Waals surface area (Å²) in [5.74, 6) is -0.295. The summed E-state index contributed by atoms with van der Waals surface area (Å²) in [6, 6.07) is 4.48. The van der Waals surface area contributed by atoms with E-state index in [0.717, 1.165) is 6.42 Å². The minimum absolute atomic E-state index is 0.0824. The largest absolute Gasteiger partial charge is 0.379 e. The lowest BCUT2D eigenvalue weighted by molar-refractivity contribution is -0.384. The van der Waals surface area contributed by atoms with Gasteiger partial charge in [0.05, 0.1) is 10.5 Å². The van der Waals surface area contributed by atoms with Crippen LogP contribution in [0.1, 0.15) is 30.6 Å². The van der Waals surface area contributed by atoms with Gasteiger partial charge in [-0.15, -0.1) is 0 Å². The van der Waals surface area contributed by atoms with Crippen LogP contribution in [0.3, 0.4) is 0 Å². The Morgan fingerprint density at radius 1 is 1.39 bits per heavy atom. The molecule has 18 heavy (non-hydrogen) atoms. The van der Waals surface area contributed by atoms with Crippen molar-refractivity contribution < 1.29 is 9.72 Å². The van der Waals surface area contributed by atoms with E-state index in [0.29, 0.717) is 18.7 Å². The Kier molecular flexibility index (Phi) is 5.10. The molecule has 6 nitrogen and oxygen atoms in total. The number of nitro groups is 1. The zero-order chi connectivity index (χ0) is 13.5. The molecule has 98 valence electrons. The van der Waals surface area contributed by atoms with E-state index in [-0.39, 0.29) is 17.3 Å². The van der Waals surface area contributed by atoms with Crippen LogP contribution in [0.5, 0.6) is 0 Å². The van der Waals surface area contributed by atoms with Crippen LogP contribution in [0.25, 0.3) is 0 Å². The van der Waals surface area contributed by atoms with Crippen molar-refractivity contribution in [1.82, 2.24) is 5.32 Å². The molecule has 0 bridgehead atoms. The van der Waals surface area contributed by atoms with Gasteiger partial charge in [-0.3, -0.25) is 14.9 Å². The molecule has 1 aromatic rings. The molecule has 0 atom stereocenters. The van der Waals surface area contributed by atoms with Gasteiger partial charge in [-0.05, 0) is 19.4 Å². The Hall–Kier alpha value is -2.11. The summed E-state index contributed by atoms with van der Waals surface area (Å²) in [6.45, 7) is 4.83. The van der Waals surface area contributed by atoms with Gasteiger partial charge < -0.3 is 10.6 Å². The van der Waals surface area contributed by atoms with Gasteiger partial charge in [0.25, 0.3) is 11.6 Å². The molecule has 0 saturated carbocycles. The molecule has 0 fully saturated rings. The minimum Gasteiger partial charge on any atom is -0.379 e. The molecule has 0 aromatic heterocycles. The highest BCUT2D eigenvalue weighted by molar-refractivity contribution is 6.01. The second-order valence-corrected chi connectivity index (χ2v) is 3.74.